The highest BCUT2D eigenvalue weighted by atomic mass is 19.1. The first-order valence-electron chi connectivity index (χ1n) is 5.82. The molecule has 0 aliphatic heterocycles. The van der Waals surface area contributed by atoms with E-state index in [1.165, 1.54) is 4.90 Å². The van der Waals surface area contributed by atoms with E-state index in [4.69, 9.17) is 11.5 Å². The van der Waals surface area contributed by atoms with Crippen molar-refractivity contribution in [2.75, 3.05) is 18.0 Å². The van der Waals surface area contributed by atoms with Gasteiger partial charge in [0.05, 0.1) is 11.5 Å². The van der Waals surface area contributed by atoms with E-state index < -0.39 is 28.0 Å². The average Bonchev–Trinajstić information content (AvgIpc) is 2.37. The maximum atomic E-state index is 13.7. The number of nitro groups is 1. The SMILES string of the molecule is C#CCN(CCC)c1cc(F)c(C(=O)O)cc1[N+](=O)[O-]. The number of carboxylic acid groups (broad SMARTS) is 1. The van der Waals surface area contributed by atoms with E-state index in [0.717, 1.165) is 6.07 Å². The fourth-order valence-electron chi connectivity index (χ4n) is 1.78. The van der Waals surface area contributed by atoms with Gasteiger partial charge in [0, 0.05) is 18.7 Å². The van der Waals surface area contributed by atoms with Crippen LogP contribution < -0.4 is 4.90 Å². The number of carbonyl (C=O) groups is 1. The van der Waals surface area contributed by atoms with Crippen molar-refractivity contribution in [3.63, 3.8) is 0 Å². The first-order valence-corrected chi connectivity index (χ1v) is 5.82. The Morgan fingerprint density at radius 3 is 2.70 bits per heavy atom. The molecule has 0 amide bonds. The molecule has 0 fully saturated rings. The summed E-state index contributed by atoms with van der Waals surface area (Å²) in [4.78, 5) is 22.6. The zero-order valence-corrected chi connectivity index (χ0v) is 10.8. The second-order valence-electron chi connectivity index (χ2n) is 4.01. The van der Waals surface area contributed by atoms with Crippen LogP contribution in [0.15, 0.2) is 12.1 Å². The van der Waals surface area contributed by atoms with Crippen molar-refractivity contribution < 1.29 is 19.2 Å². The molecule has 1 rings (SSSR count). The zero-order chi connectivity index (χ0) is 15.3. The summed E-state index contributed by atoms with van der Waals surface area (Å²) < 4.78 is 13.7. The molecule has 6 nitrogen and oxygen atoms in total. The maximum absolute atomic E-state index is 13.7. The van der Waals surface area contributed by atoms with Gasteiger partial charge in [-0.25, -0.2) is 9.18 Å². The van der Waals surface area contributed by atoms with Gasteiger partial charge in [-0.15, -0.1) is 6.42 Å². The van der Waals surface area contributed by atoms with Gasteiger partial charge in [-0.1, -0.05) is 12.8 Å². The summed E-state index contributed by atoms with van der Waals surface area (Å²) in [6, 6.07) is 1.56. The van der Waals surface area contributed by atoms with Gasteiger partial charge in [0.1, 0.15) is 17.1 Å². The molecule has 0 atom stereocenters. The van der Waals surface area contributed by atoms with E-state index in [-0.39, 0.29) is 12.2 Å². The third-order valence-electron chi connectivity index (χ3n) is 2.61. The van der Waals surface area contributed by atoms with E-state index in [0.29, 0.717) is 19.0 Å². The van der Waals surface area contributed by atoms with Crippen molar-refractivity contribution in [1.29, 1.82) is 0 Å². The van der Waals surface area contributed by atoms with Crippen LogP contribution in [0.1, 0.15) is 23.7 Å². The van der Waals surface area contributed by atoms with Gasteiger partial charge >= 0.3 is 5.97 Å². The fourth-order valence-corrected chi connectivity index (χ4v) is 1.78. The molecule has 0 radical (unpaired) electrons. The molecular formula is C13H13FN2O4. The molecule has 7 heteroatoms. The Labute approximate surface area is 115 Å². The summed E-state index contributed by atoms with van der Waals surface area (Å²) in [6.07, 6.45) is 5.84. The fraction of sp³-hybridized carbons (Fsp3) is 0.308. The number of anilines is 1. The molecule has 106 valence electrons. The van der Waals surface area contributed by atoms with Gasteiger partial charge in [-0.2, -0.15) is 0 Å². The van der Waals surface area contributed by atoms with Crippen LogP contribution in [0.25, 0.3) is 0 Å². The number of aromatic carboxylic acids is 1. The normalized spacial score (nSPS) is 9.85. The van der Waals surface area contributed by atoms with Gasteiger partial charge < -0.3 is 10.0 Å². The predicted octanol–water partition coefficient (Wildman–Crippen LogP) is 2.28. The third-order valence-corrected chi connectivity index (χ3v) is 2.61. The first-order chi connectivity index (χ1) is 9.42. The largest absolute Gasteiger partial charge is 0.478 e. The predicted molar refractivity (Wildman–Crippen MR) is 71.4 cm³/mol. The number of halogens is 1. The summed E-state index contributed by atoms with van der Waals surface area (Å²) in [7, 11) is 0. The minimum atomic E-state index is -1.56. The number of carboxylic acids is 1. The van der Waals surface area contributed by atoms with Crippen molar-refractivity contribution in [2.24, 2.45) is 0 Å². The highest BCUT2D eigenvalue weighted by Gasteiger charge is 2.24. The number of nitro benzene ring substituents is 1. The van der Waals surface area contributed by atoms with Crippen LogP contribution in [0.2, 0.25) is 0 Å². The van der Waals surface area contributed by atoms with Crippen LogP contribution in [0, 0.1) is 28.3 Å². The number of hydrogen-bond donors (Lipinski definition) is 1. The lowest BCUT2D eigenvalue weighted by Gasteiger charge is -2.21. The molecule has 0 aromatic heterocycles. The Hall–Kier alpha value is -2.62. The van der Waals surface area contributed by atoms with Crippen LogP contribution >= 0.6 is 0 Å². The molecule has 1 aromatic carbocycles. The number of nitrogens with zero attached hydrogens (tertiary/aromatic N) is 2. The molecule has 1 N–H and O–H groups in total. The average molecular weight is 280 g/mol. The quantitative estimate of drug-likeness (QED) is 0.491. The zero-order valence-electron chi connectivity index (χ0n) is 10.8. The second kappa shape index (κ2) is 6.52. The third kappa shape index (κ3) is 3.23. The molecule has 20 heavy (non-hydrogen) atoms. The van der Waals surface area contributed by atoms with Crippen molar-refractivity contribution in [3.05, 3.63) is 33.6 Å². The van der Waals surface area contributed by atoms with Crippen LogP contribution in [0.4, 0.5) is 15.8 Å². The topological polar surface area (TPSA) is 83.7 Å². The smallest absolute Gasteiger partial charge is 0.338 e. The number of rotatable bonds is 6. The van der Waals surface area contributed by atoms with Gasteiger partial charge in [-0.05, 0) is 6.42 Å². The van der Waals surface area contributed by atoms with Crippen molar-refractivity contribution in [2.45, 2.75) is 13.3 Å². The van der Waals surface area contributed by atoms with Crippen molar-refractivity contribution in [1.82, 2.24) is 0 Å². The van der Waals surface area contributed by atoms with E-state index >= 15 is 0 Å². The molecule has 0 heterocycles. The van der Waals surface area contributed by atoms with Gasteiger partial charge in [0.15, 0.2) is 0 Å². The minimum absolute atomic E-state index is 0.0164. The van der Waals surface area contributed by atoms with Crippen LogP contribution in [-0.4, -0.2) is 29.1 Å². The van der Waals surface area contributed by atoms with Gasteiger partial charge in [-0.3, -0.25) is 10.1 Å². The number of terminal acetylenes is 1. The van der Waals surface area contributed by atoms with Crippen molar-refractivity contribution >= 4 is 17.3 Å². The molecule has 0 aliphatic carbocycles. The molecule has 1 aromatic rings. The summed E-state index contributed by atoms with van der Waals surface area (Å²) in [6.45, 7) is 2.31. The molecule has 0 unspecified atom stereocenters. The monoisotopic (exact) mass is 280 g/mol. The van der Waals surface area contributed by atoms with Gasteiger partial charge in [0.2, 0.25) is 0 Å². The van der Waals surface area contributed by atoms with Crippen LogP contribution in [0.3, 0.4) is 0 Å². The molecule has 0 bridgehead atoms. The van der Waals surface area contributed by atoms with Gasteiger partial charge in [0.25, 0.3) is 5.69 Å². The van der Waals surface area contributed by atoms with Crippen LogP contribution in [0.5, 0.6) is 0 Å². The Morgan fingerprint density at radius 1 is 1.60 bits per heavy atom. The summed E-state index contributed by atoms with van der Waals surface area (Å²) in [5.41, 5.74) is -1.23. The minimum Gasteiger partial charge on any atom is -0.478 e. The Kier molecular flexibility index (Phi) is 5.03. The standard InChI is InChI=1S/C13H13FN2O4/c1-3-5-15(6-4-2)11-8-10(14)9(13(17)18)7-12(11)16(19)20/h1,7-8H,4-6H2,2H3,(H,17,18). The summed E-state index contributed by atoms with van der Waals surface area (Å²) in [5.74, 6) is -0.252. The molecular weight excluding hydrogens is 267 g/mol. The van der Waals surface area contributed by atoms with E-state index in [2.05, 4.69) is 5.92 Å². The van der Waals surface area contributed by atoms with E-state index in [1.54, 1.807) is 0 Å². The lowest BCUT2D eigenvalue weighted by Crippen LogP contribution is -2.25. The molecule has 0 saturated heterocycles. The number of benzene rings is 1. The molecule has 0 aliphatic rings. The highest BCUT2D eigenvalue weighted by Crippen LogP contribution is 2.31. The lowest BCUT2D eigenvalue weighted by atomic mass is 10.1. The maximum Gasteiger partial charge on any atom is 0.338 e. The van der Waals surface area contributed by atoms with E-state index in [9.17, 15) is 19.3 Å². The summed E-state index contributed by atoms with van der Waals surface area (Å²) in [5, 5.41) is 19.8. The van der Waals surface area contributed by atoms with Crippen LogP contribution in [-0.2, 0) is 0 Å². The summed E-state index contributed by atoms with van der Waals surface area (Å²) >= 11 is 0. The molecule has 0 saturated carbocycles. The number of hydrogen-bond acceptors (Lipinski definition) is 4. The lowest BCUT2D eigenvalue weighted by molar-refractivity contribution is -0.384. The molecule has 0 spiro atoms. The van der Waals surface area contributed by atoms with Crippen molar-refractivity contribution in [3.8, 4) is 12.3 Å². The Morgan fingerprint density at radius 2 is 2.25 bits per heavy atom. The van der Waals surface area contributed by atoms with E-state index in [1.807, 2.05) is 6.92 Å². The Balaban J connectivity index is 3.44. The second-order valence-corrected chi connectivity index (χ2v) is 4.01. The first kappa shape index (κ1) is 15.4. The Bertz CT molecular complexity index is 580. The highest BCUT2D eigenvalue weighted by molar-refractivity contribution is 5.90.